The maximum atomic E-state index is 2.52. The van der Waals surface area contributed by atoms with Gasteiger partial charge in [0.15, 0.2) is 0 Å². The number of hydrogen-bond donors (Lipinski definition) is 0. The zero-order valence-electron chi connectivity index (χ0n) is 30.0. The molecule has 8 rings (SSSR count). The number of aryl methyl sites for hydroxylation is 2. The molecular formula is C49H45N. The van der Waals surface area contributed by atoms with Crippen LogP contribution in [0.15, 0.2) is 146 Å². The van der Waals surface area contributed by atoms with Gasteiger partial charge in [0.05, 0.1) is 5.69 Å². The summed E-state index contributed by atoms with van der Waals surface area (Å²) in [7, 11) is 0. The van der Waals surface area contributed by atoms with Gasteiger partial charge in [-0.05, 0) is 111 Å². The van der Waals surface area contributed by atoms with Crippen molar-refractivity contribution in [3.63, 3.8) is 0 Å². The van der Waals surface area contributed by atoms with Crippen LogP contribution in [0.3, 0.4) is 0 Å². The molecule has 0 radical (unpaired) electrons. The normalized spacial score (nSPS) is 12.5. The average molecular weight is 648 g/mol. The van der Waals surface area contributed by atoms with E-state index in [2.05, 4.69) is 192 Å². The van der Waals surface area contributed by atoms with Crippen LogP contribution in [0.25, 0.3) is 32.3 Å². The summed E-state index contributed by atoms with van der Waals surface area (Å²) in [6.07, 6.45) is 0. The SMILES string of the molecule is Cc1ccc(C(c2ccccc2)c2cc(C(C)C)c3ccc4c(N(c5ccccc5)c5ccc(C)cc5)cc(C(C)C)c5ccc2c3c54)cc1. The highest BCUT2D eigenvalue weighted by atomic mass is 15.1. The first kappa shape index (κ1) is 31.8. The number of anilines is 3. The van der Waals surface area contributed by atoms with E-state index in [1.54, 1.807) is 0 Å². The number of hydrogen-bond acceptors (Lipinski definition) is 1. The van der Waals surface area contributed by atoms with Crippen molar-refractivity contribution < 1.29 is 0 Å². The third-order valence-electron chi connectivity index (χ3n) is 10.6. The molecule has 50 heavy (non-hydrogen) atoms. The molecule has 0 bridgehead atoms. The Kier molecular flexibility index (Phi) is 8.16. The van der Waals surface area contributed by atoms with E-state index in [1.165, 1.54) is 82.6 Å². The van der Waals surface area contributed by atoms with Crippen LogP contribution in [0.5, 0.6) is 0 Å². The van der Waals surface area contributed by atoms with Gasteiger partial charge in [0.1, 0.15) is 0 Å². The van der Waals surface area contributed by atoms with Gasteiger partial charge >= 0.3 is 0 Å². The Morgan fingerprint density at radius 1 is 0.400 bits per heavy atom. The summed E-state index contributed by atoms with van der Waals surface area (Å²) >= 11 is 0. The van der Waals surface area contributed by atoms with Crippen molar-refractivity contribution in [3.8, 4) is 0 Å². The monoisotopic (exact) mass is 647 g/mol. The summed E-state index contributed by atoms with van der Waals surface area (Å²) in [4.78, 5) is 2.46. The molecule has 0 fully saturated rings. The lowest BCUT2D eigenvalue weighted by Gasteiger charge is -2.30. The molecular weight excluding hydrogens is 603 g/mol. The molecule has 0 aromatic heterocycles. The van der Waals surface area contributed by atoms with Gasteiger partial charge < -0.3 is 4.90 Å². The van der Waals surface area contributed by atoms with Crippen molar-refractivity contribution in [2.24, 2.45) is 0 Å². The van der Waals surface area contributed by atoms with Crippen molar-refractivity contribution in [2.75, 3.05) is 4.90 Å². The minimum Gasteiger partial charge on any atom is -0.310 e. The van der Waals surface area contributed by atoms with Crippen molar-refractivity contribution in [1.29, 1.82) is 0 Å². The van der Waals surface area contributed by atoms with E-state index >= 15 is 0 Å². The highest BCUT2D eigenvalue weighted by Crippen LogP contribution is 2.49. The fourth-order valence-corrected chi connectivity index (χ4v) is 8.09. The summed E-state index contributed by atoms with van der Waals surface area (Å²) in [5, 5.41) is 8.09. The minimum absolute atomic E-state index is 0.108. The maximum Gasteiger partial charge on any atom is 0.0543 e. The molecule has 0 aliphatic carbocycles. The molecule has 0 spiro atoms. The summed E-state index contributed by atoms with van der Waals surface area (Å²) < 4.78 is 0. The van der Waals surface area contributed by atoms with Crippen molar-refractivity contribution in [1.82, 2.24) is 0 Å². The van der Waals surface area contributed by atoms with E-state index in [9.17, 15) is 0 Å². The lowest BCUT2D eigenvalue weighted by atomic mass is 9.77. The second-order valence-electron chi connectivity index (χ2n) is 14.7. The van der Waals surface area contributed by atoms with Crippen molar-refractivity contribution in [2.45, 2.75) is 59.3 Å². The number of para-hydroxylation sites is 1. The Labute approximate surface area is 297 Å². The Hall–Kier alpha value is -5.40. The van der Waals surface area contributed by atoms with Crippen LogP contribution >= 0.6 is 0 Å². The Balaban J connectivity index is 1.51. The van der Waals surface area contributed by atoms with Crippen LogP contribution in [0.1, 0.15) is 84.4 Å². The van der Waals surface area contributed by atoms with Gasteiger partial charge in [-0.2, -0.15) is 0 Å². The quantitative estimate of drug-likeness (QED) is 0.117. The lowest BCUT2D eigenvalue weighted by Crippen LogP contribution is -2.12. The van der Waals surface area contributed by atoms with E-state index in [0.29, 0.717) is 11.8 Å². The molecule has 0 N–H and O–H groups in total. The second kappa shape index (κ2) is 12.8. The molecule has 0 saturated heterocycles. The third-order valence-corrected chi connectivity index (χ3v) is 10.6. The molecule has 1 heteroatoms. The van der Waals surface area contributed by atoms with E-state index < -0.39 is 0 Å². The first-order chi connectivity index (χ1) is 24.3. The summed E-state index contributed by atoms with van der Waals surface area (Å²) in [6.45, 7) is 13.7. The number of rotatable bonds is 8. The molecule has 1 nitrogen and oxygen atoms in total. The predicted molar refractivity (Wildman–Crippen MR) is 216 cm³/mol. The molecule has 0 amide bonds. The first-order valence-electron chi connectivity index (χ1n) is 18.1. The number of benzene rings is 8. The highest BCUT2D eigenvalue weighted by Gasteiger charge is 2.26. The van der Waals surface area contributed by atoms with Crippen LogP contribution in [0, 0.1) is 13.8 Å². The van der Waals surface area contributed by atoms with E-state index in [4.69, 9.17) is 0 Å². The molecule has 0 heterocycles. The Morgan fingerprint density at radius 2 is 0.840 bits per heavy atom. The smallest absolute Gasteiger partial charge is 0.0543 e. The fraction of sp³-hybridized carbons (Fsp3) is 0.184. The standard InChI is InChI=1S/C49H45N/c1-31(2)43-29-45(47(35-13-9-7-10-14-35)36-21-17-33(5)18-22-36)41-26-25-40-44(32(3)4)30-46(42-28-27-39(43)48(41)49(40)42)50(37-15-11-8-12-16-37)38-23-19-34(6)20-24-38/h7-32,47H,1-6H3. The van der Waals surface area contributed by atoms with Gasteiger partial charge in [-0.1, -0.05) is 154 Å². The zero-order chi connectivity index (χ0) is 34.5. The number of nitrogens with zero attached hydrogens (tertiary/aromatic N) is 1. The maximum absolute atomic E-state index is 2.52. The van der Waals surface area contributed by atoms with E-state index in [1.807, 2.05) is 0 Å². The van der Waals surface area contributed by atoms with E-state index in [-0.39, 0.29) is 5.92 Å². The van der Waals surface area contributed by atoms with Crippen LogP contribution in [0.4, 0.5) is 17.1 Å². The molecule has 0 saturated carbocycles. The first-order valence-corrected chi connectivity index (χ1v) is 18.1. The molecule has 8 aromatic rings. The van der Waals surface area contributed by atoms with Crippen LogP contribution < -0.4 is 4.90 Å². The van der Waals surface area contributed by atoms with Crippen LogP contribution in [-0.2, 0) is 0 Å². The molecule has 8 aromatic carbocycles. The van der Waals surface area contributed by atoms with Crippen molar-refractivity contribution >= 4 is 49.4 Å². The van der Waals surface area contributed by atoms with E-state index in [0.717, 1.165) is 5.69 Å². The summed E-state index contributed by atoms with van der Waals surface area (Å²) in [5.41, 5.74) is 12.9. The average Bonchev–Trinajstić information content (AvgIpc) is 3.13. The van der Waals surface area contributed by atoms with Crippen LogP contribution in [-0.4, -0.2) is 0 Å². The zero-order valence-corrected chi connectivity index (χ0v) is 30.0. The highest BCUT2D eigenvalue weighted by molar-refractivity contribution is 6.27. The Morgan fingerprint density at radius 3 is 1.42 bits per heavy atom. The molecule has 1 atom stereocenters. The second-order valence-corrected chi connectivity index (χ2v) is 14.7. The molecule has 0 aliphatic heterocycles. The van der Waals surface area contributed by atoms with Gasteiger partial charge in [0.25, 0.3) is 0 Å². The topological polar surface area (TPSA) is 3.24 Å². The molecule has 246 valence electrons. The van der Waals surface area contributed by atoms with Crippen molar-refractivity contribution in [3.05, 3.63) is 185 Å². The minimum atomic E-state index is 0.108. The molecule has 0 aliphatic rings. The largest absolute Gasteiger partial charge is 0.310 e. The fourth-order valence-electron chi connectivity index (χ4n) is 8.09. The predicted octanol–water partition coefficient (Wildman–Crippen LogP) is 14.1. The van der Waals surface area contributed by atoms with Gasteiger partial charge in [0.2, 0.25) is 0 Å². The third kappa shape index (κ3) is 5.42. The van der Waals surface area contributed by atoms with Gasteiger partial charge in [-0.15, -0.1) is 0 Å². The lowest BCUT2D eigenvalue weighted by molar-refractivity contribution is 0.869. The molecule has 1 unspecified atom stereocenters. The van der Waals surface area contributed by atoms with Crippen LogP contribution in [0.2, 0.25) is 0 Å². The van der Waals surface area contributed by atoms with Gasteiger partial charge in [0, 0.05) is 22.7 Å². The van der Waals surface area contributed by atoms with Gasteiger partial charge in [-0.25, -0.2) is 0 Å². The van der Waals surface area contributed by atoms with Gasteiger partial charge in [-0.3, -0.25) is 0 Å². The Bertz CT molecular complexity index is 2240. The summed E-state index contributed by atoms with van der Waals surface area (Å²) in [6, 6.07) is 54.7. The summed E-state index contributed by atoms with van der Waals surface area (Å²) in [5.74, 6) is 0.823.